The summed E-state index contributed by atoms with van der Waals surface area (Å²) in [6.07, 6.45) is 0. The van der Waals surface area contributed by atoms with Gasteiger partial charge in [0.15, 0.2) is 0 Å². The molecular weight excluding hydrogens is 164 g/mol. The van der Waals surface area contributed by atoms with Gasteiger partial charge in [-0.25, -0.2) is 0 Å². The monoisotopic (exact) mass is 188 g/mol. The van der Waals surface area contributed by atoms with E-state index in [4.69, 9.17) is 9.47 Å². The minimum atomic E-state index is -0.202. The van der Waals surface area contributed by atoms with Crippen LogP contribution in [0.4, 0.5) is 0 Å². The van der Waals surface area contributed by atoms with Crippen LogP contribution in [0.2, 0.25) is 0 Å². The Balaban J connectivity index is 4.95. The van der Waals surface area contributed by atoms with Crippen molar-refractivity contribution in [3.63, 3.8) is 0 Å². The molecule has 0 aromatic carbocycles. The van der Waals surface area contributed by atoms with Crippen LogP contribution < -0.4 is 0 Å². The standard InChI is InChI=1S/C11H24O2/c1-9(2,10(3,4)12-7)11(5,6)13-8/h1-8H3. The minimum Gasteiger partial charge on any atom is -0.378 e. The summed E-state index contributed by atoms with van der Waals surface area (Å²) >= 11 is 0. The summed E-state index contributed by atoms with van der Waals surface area (Å²) < 4.78 is 11.0. The highest BCUT2D eigenvalue weighted by Gasteiger charge is 2.48. The molecule has 0 N–H and O–H groups in total. The second-order valence-electron chi connectivity index (χ2n) is 5.05. The van der Waals surface area contributed by atoms with Gasteiger partial charge >= 0.3 is 0 Å². The molecule has 0 unspecified atom stereocenters. The van der Waals surface area contributed by atoms with Crippen LogP contribution >= 0.6 is 0 Å². The van der Waals surface area contributed by atoms with Gasteiger partial charge in [0, 0.05) is 19.6 Å². The normalized spacial score (nSPS) is 14.8. The lowest BCUT2D eigenvalue weighted by Crippen LogP contribution is -2.54. The molecule has 0 radical (unpaired) electrons. The fourth-order valence-electron chi connectivity index (χ4n) is 1.24. The molecule has 0 atom stereocenters. The van der Waals surface area contributed by atoms with Crippen LogP contribution in [-0.4, -0.2) is 25.4 Å². The van der Waals surface area contributed by atoms with Crippen molar-refractivity contribution in [2.24, 2.45) is 5.41 Å². The third-order valence-electron chi connectivity index (χ3n) is 4.03. The Kier molecular flexibility index (Phi) is 3.56. The summed E-state index contributed by atoms with van der Waals surface area (Å²) in [5.74, 6) is 0. The summed E-state index contributed by atoms with van der Waals surface area (Å²) in [6, 6.07) is 0. The van der Waals surface area contributed by atoms with E-state index in [1.165, 1.54) is 0 Å². The Morgan fingerprint density at radius 3 is 1.00 bits per heavy atom. The predicted octanol–water partition coefficient (Wildman–Crippen LogP) is 2.86. The summed E-state index contributed by atoms with van der Waals surface area (Å²) in [7, 11) is 3.49. The molecule has 0 saturated carbocycles. The van der Waals surface area contributed by atoms with Gasteiger partial charge in [0.25, 0.3) is 0 Å². The lowest BCUT2D eigenvalue weighted by atomic mass is 9.66. The maximum absolute atomic E-state index is 5.51. The molecule has 0 bridgehead atoms. The third kappa shape index (κ3) is 2.05. The Morgan fingerprint density at radius 1 is 0.615 bits per heavy atom. The molecule has 0 aliphatic carbocycles. The SMILES string of the molecule is COC(C)(C)C(C)(C)C(C)(C)OC. The maximum Gasteiger partial charge on any atom is 0.0700 e. The van der Waals surface area contributed by atoms with Gasteiger partial charge in [0.1, 0.15) is 0 Å². The van der Waals surface area contributed by atoms with Crippen LogP contribution in [0, 0.1) is 5.41 Å². The zero-order valence-electron chi connectivity index (χ0n) is 10.3. The maximum atomic E-state index is 5.51. The lowest BCUT2D eigenvalue weighted by Gasteiger charge is -2.50. The number of hydrogen-bond acceptors (Lipinski definition) is 2. The summed E-state index contributed by atoms with van der Waals surface area (Å²) in [4.78, 5) is 0. The van der Waals surface area contributed by atoms with E-state index in [0.717, 1.165) is 0 Å². The fraction of sp³-hybridized carbons (Fsp3) is 1.00. The Morgan fingerprint density at radius 2 is 0.846 bits per heavy atom. The van der Waals surface area contributed by atoms with Crippen LogP contribution in [0.1, 0.15) is 41.5 Å². The van der Waals surface area contributed by atoms with E-state index >= 15 is 0 Å². The fourth-order valence-corrected chi connectivity index (χ4v) is 1.24. The van der Waals surface area contributed by atoms with Gasteiger partial charge in [-0.3, -0.25) is 0 Å². The quantitative estimate of drug-likeness (QED) is 0.675. The highest BCUT2D eigenvalue weighted by Crippen LogP contribution is 2.44. The molecule has 0 aliphatic heterocycles. The van der Waals surface area contributed by atoms with Crippen molar-refractivity contribution in [2.45, 2.75) is 52.7 Å². The number of hydrogen-bond donors (Lipinski definition) is 0. The van der Waals surface area contributed by atoms with Crippen molar-refractivity contribution >= 4 is 0 Å². The molecule has 0 aromatic rings. The first-order chi connectivity index (χ1) is 5.62. The molecule has 13 heavy (non-hydrogen) atoms. The molecule has 0 rings (SSSR count). The Hall–Kier alpha value is -0.0800. The Bertz CT molecular complexity index is 151. The van der Waals surface area contributed by atoms with Crippen molar-refractivity contribution in [1.29, 1.82) is 0 Å². The molecular formula is C11H24O2. The van der Waals surface area contributed by atoms with Gasteiger partial charge in [-0.15, -0.1) is 0 Å². The average molecular weight is 188 g/mol. The number of rotatable bonds is 4. The van der Waals surface area contributed by atoms with E-state index in [1.54, 1.807) is 14.2 Å². The van der Waals surface area contributed by atoms with Crippen molar-refractivity contribution in [3.8, 4) is 0 Å². The van der Waals surface area contributed by atoms with Crippen LogP contribution in [0.25, 0.3) is 0 Å². The van der Waals surface area contributed by atoms with E-state index in [9.17, 15) is 0 Å². The second-order valence-corrected chi connectivity index (χ2v) is 5.05. The summed E-state index contributed by atoms with van der Waals surface area (Å²) in [6.45, 7) is 12.7. The largest absolute Gasteiger partial charge is 0.378 e. The number of methoxy groups -OCH3 is 2. The summed E-state index contributed by atoms with van der Waals surface area (Å²) in [5.41, 5.74) is -0.456. The van der Waals surface area contributed by atoms with Gasteiger partial charge in [-0.05, 0) is 27.7 Å². The van der Waals surface area contributed by atoms with E-state index in [0.29, 0.717) is 0 Å². The molecule has 2 heteroatoms. The average Bonchev–Trinajstić information content (AvgIpc) is 2.03. The van der Waals surface area contributed by atoms with Gasteiger partial charge < -0.3 is 9.47 Å². The van der Waals surface area contributed by atoms with Crippen molar-refractivity contribution in [3.05, 3.63) is 0 Å². The number of ether oxygens (including phenoxy) is 2. The second kappa shape index (κ2) is 3.58. The zero-order chi connectivity index (χ0) is 10.9. The molecule has 0 aromatic heterocycles. The third-order valence-corrected chi connectivity index (χ3v) is 4.03. The van der Waals surface area contributed by atoms with E-state index < -0.39 is 0 Å². The topological polar surface area (TPSA) is 18.5 Å². The first-order valence-electron chi connectivity index (χ1n) is 4.72. The van der Waals surface area contributed by atoms with Crippen LogP contribution in [0.3, 0.4) is 0 Å². The summed E-state index contributed by atoms with van der Waals surface area (Å²) in [5, 5.41) is 0. The molecule has 0 aliphatic rings. The zero-order valence-corrected chi connectivity index (χ0v) is 10.3. The predicted molar refractivity (Wildman–Crippen MR) is 56.0 cm³/mol. The van der Waals surface area contributed by atoms with Gasteiger partial charge in [-0.1, -0.05) is 13.8 Å². The molecule has 0 fully saturated rings. The molecule has 0 saturated heterocycles. The van der Waals surface area contributed by atoms with Crippen molar-refractivity contribution in [2.75, 3.05) is 14.2 Å². The van der Waals surface area contributed by atoms with E-state index in [2.05, 4.69) is 41.5 Å². The van der Waals surface area contributed by atoms with Gasteiger partial charge in [0.05, 0.1) is 11.2 Å². The molecule has 2 nitrogen and oxygen atoms in total. The highest BCUT2D eigenvalue weighted by molar-refractivity contribution is 4.99. The Labute approximate surface area is 82.6 Å². The van der Waals surface area contributed by atoms with Crippen molar-refractivity contribution in [1.82, 2.24) is 0 Å². The van der Waals surface area contributed by atoms with Crippen LogP contribution in [0.15, 0.2) is 0 Å². The van der Waals surface area contributed by atoms with E-state index in [1.807, 2.05) is 0 Å². The van der Waals surface area contributed by atoms with Crippen LogP contribution in [-0.2, 0) is 9.47 Å². The van der Waals surface area contributed by atoms with Gasteiger partial charge in [0.2, 0.25) is 0 Å². The minimum absolute atomic E-state index is 0.0521. The van der Waals surface area contributed by atoms with Gasteiger partial charge in [-0.2, -0.15) is 0 Å². The first-order valence-corrected chi connectivity index (χ1v) is 4.72. The highest BCUT2D eigenvalue weighted by atomic mass is 16.5. The van der Waals surface area contributed by atoms with E-state index in [-0.39, 0.29) is 16.6 Å². The van der Waals surface area contributed by atoms with Crippen LogP contribution in [0.5, 0.6) is 0 Å². The molecule has 0 heterocycles. The smallest absolute Gasteiger partial charge is 0.0700 e. The molecule has 80 valence electrons. The molecule has 0 spiro atoms. The molecule has 0 amide bonds. The first kappa shape index (κ1) is 12.9. The van der Waals surface area contributed by atoms with Crippen molar-refractivity contribution < 1.29 is 9.47 Å². The lowest BCUT2D eigenvalue weighted by molar-refractivity contribution is -0.175.